The number of amides is 3. The van der Waals surface area contributed by atoms with Gasteiger partial charge in [0, 0.05) is 30.0 Å². The Morgan fingerprint density at radius 2 is 1.68 bits per heavy atom. The number of nitrogens with zero attached hydrogens (tertiary/aromatic N) is 1. The maximum absolute atomic E-state index is 12.1. The number of nitrogens with one attached hydrogen (secondary N) is 2. The van der Waals surface area contributed by atoms with Crippen molar-refractivity contribution >= 4 is 46.5 Å². The number of thioether (sulfide) groups is 1. The smallest absolute Gasteiger partial charge is 0.234 e. The summed E-state index contributed by atoms with van der Waals surface area (Å²) in [6, 6.07) is 14.8. The predicted octanol–water partition coefficient (Wildman–Crippen LogP) is 3.43. The maximum atomic E-state index is 12.1. The molecule has 0 atom stereocenters. The van der Waals surface area contributed by atoms with E-state index in [1.54, 1.807) is 17.0 Å². The third-order valence-corrected chi connectivity index (χ3v) is 5.24. The van der Waals surface area contributed by atoms with Gasteiger partial charge >= 0.3 is 0 Å². The molecule has 1 aliphatic rings. The zero-order valence-electron chi connectivity index (χ0n) is 15.7. The molecular weight excluding hydrogens is 374 g/mol. The first kappa shape index (κ1) is 19.9. The average molecular weight is 398 g/mol. The highest BCUT2D eigenvalue weighted by Gasteiger charge is 2.21. The third kappa shape index (κ3) is 5.60. The molecule has 1 heterocycles. The second-order valence-corrected chi connectivity index (χ2v) is 7.64. The first-order valence-electron chi connectivity index (χ1n) is 9.16. The molecule has 0 bridgehead atoms. The van der Waals surface area contributed by atoms with Crippen LogP contribution in [0.15, 0.2) is 48.5 Å². The molecule has 2 aromatic rings. The second kappa shape index (κ2) is 9.41. The van der Waals surface area contributed by atoms with Crippen LogP contribution in [0.1, 0.15) is 18.4 Å². The lowest BCUT2D eigenvalue weighted by molar-refractivity contribution is -0.117. The SMILES string of the molecule is Cc1cccc(NC(=O)CSCC(=O)Nc2ccc(N3CCCC3=O)cc2)c1. The van der Waals surface area contributed by atoms with Crippen molar-refractivity contribution in [2.75, 3.05) is 33.6 Å². The highest BCUT2D eigenvalue weighted by Crippen LogP contribution is 2.23. The number of hydrogen-bond donors (Lipinski definition) is 2. The van der Waals surface area contributed by atoms with Crippen LogP contribution in [-0.4, -0.2) is 35.8 Å². The van der Waals surface area contributed by atoms with E-state index in [1.165, 1.54) is 11.8 Å². The maximum Gasteiger partial charge on any atom is 0.234 e. The van der Waals surface area contributed by atoms with Gasteiger partial charge in [0.1, 0.15) is 0 Å². The first-order chi connectivity index (χ1) is 13.5. The topological polar surface area (TPSA) is 78.5 Å². The van der Waals surface area contributed by atoms with Gasteiger partial charge in [0.2, 0.25) is 17.7 Å². The van der Waals surface area contributed by atoms with E-state index in [0.717, 1.165) is 29.9 Å². The highest BCUT2D eigenvalue weighted by atomic mass is 32.2. The Labute approximate surface area is 168 Å². The molecule has 6 nitrogen and oxygen atoms in total. The Morgan fingerprint density at radius 1 is 1.00 bits per heavy atom. The summed E-state index contributed by atoms with van der Waals surface area (Å²) in [5.41, 5.74) is 3.35. The summed E-state index contributed by atoms with van der Waals surface area (Å²) in [5, 5.41) is 5.63. The van der Waals surface area contributed by atoms with E-state index in [1.807, 2.05) is 43.3 Å². The van der Waals surface area contributed by atoms with Crippen molar-refractivity contribution in [1.29, 1.82) is 0 Å². The molecule has 7 heteroatoms. The van der Waals surface area contributed by atoms with Gasteiger partial charge in [0.05, 0.1) is 11.5 Å². The fourth-order valence-electron chi connectivity index (χ4n) is 3.00. The van der Waals surface area contributed by atoms with Crippen LogP contribution >= 0.6 is 11.8 Å². The van der Waals surface area contributed by atoms with Crippen molar-refractivity contribution in [3.63, 3.8) is 0 Å². The monoisotopic (exact) mass is 397 g/mol. The predicted molar refractivity (Wildman–Crippen MR) is 114 cm³/mol. The van der Waals surface area contributed by atoms with Crippen LogP contribution in [0.5, 0.6) is 0 Å². The summed E-state index contributed by atoms with van der Waals surface area (Å²) < 4.78 is 0. The Hall–Kier alpha value is -2.80. The van der Waals surface area contributed by atoms with Crippen molar-refractivity contribution in [3.8, 4) is 0 Å². The first-order valence-corrected chi connectivity index (χ1v) is 10.3. The van der Waals surface area contributed by atoms with Gasteiger partial charge in [-0.3, -0.25) is 14.4 Å². The van der Waals surface area contributed by atoms with E-state index in [-0.39, 0.29) is 29.2 Å². The third-order valence-electron chi connectivity index (χ3n) is 4.30. The molecule has 3 rings (SSSR count). The van der Waals surface area contributed by atoms with Crippen molar-refractivity contribution in [2.45, 2.75) is 19.8 Å². The van der Waals surface area contributed by atoms with Gasteiger partial charge in [-0.25, -0.2) is 0 Å². The number of carbonyl (C=O) groups excluding carboxylic acids is 3. The minimum absolute atomic E-state index is 0.136. The molecule has 1 saturated heterocycles. The lowest BCUT2D eigenvalue weighted by Crippen LogP contribution is -2.23. The number of hydrogen-bond acceptors (Lipinski definition) is 4. The zero-order chi connectivity index (χ0) is 19.9. The summed E-state index contributed by atoms with van der Waals surface area (Å²) in [6.45, 7) is 2.70. The van der Waals surface area contributed by atoms with Gasteiger partial charge < -0.3 is 15.5 Å². The van der Waals surface area contributed by atoms with E-state index in [4.69, 9.17) is 0 Å². The van der Waals surface area contributed by atoms with Crippen molar-refractivity contribution in [3.05, 3.63) is 54.1 Å². The molecule has 1 fully saturated rings. The fraction of sp³-hybridized carbons (Fsp3) is 0.286. The standard InChI is InChI=1S/C21H23N3O3S/c1-15-4-2-5-17(12-15)23-20(26)14-28-13-19(25)22-16-7-9-18(10-8-16)24-11-3-6-21(24)27/h2,4-5,7-10,12H,3,6,11,13-14H2,1H3,(H,22,25)(H,23,26). The van der Waals surface area contributed by atoms with Crippen LogP contribution < -0.4 is 15.5 Å². The van der Waals surface area contributed by atoms with Gasteiger partial charge in [0.25, 0.3) is 0 Å². The minimum atomic E-state index is -0.168. The second-order valence-electron chi connectivity index (χ2n) is 6.65. The lowest BCUT2D eigenvalue weighted by atomic mass is 10.2. The Balaban J connectivity index is 1.40. The Bertz CT molecular complexity index is 867. The molecule has 2 N–H and O–H groups in total. The number of anilines is 3. The van der Waals surface area contributed by atoms with Crippen LogP contribution in [-0.2, 0) is 14.4 Å². The van der Waals surface area contributed by atoms with Gasteiger partial charge in [-0.15, -0.1) is 11.8 Å². The average Bonchev–Trinajstić information content (AvgIpc) is 3.08. The number of aryl methyl sites for hydroxylation is 1. The molecule has 0 aromatic heterocycles. The molecule has 3 amide bonds. The molecular formula is C21H23N3O3S. The van der Waals surface area contributed by atoms with E-state index >= 15 is 0 Å². The molecule has 28 heavy (non-hydrogen) atoms. The Kier molecular flexibility index (Phi) is 6.71. The summed E-state index contributed by atoms with van der Waals surface area (Å²) in [7, 11) is 0. The molecule has 0 spiro atoms. The summed E-state index contributed by atoms with van der Waals surface area (Å²) in [5.74, 6) is 0.226. The lowest BCUT2D eigenvalue weighted by Gasteiger charge is -2.16. The summed E-state index contributed by atoms with van der Waals surface area (Å²) >= 11 is 1.26. The van der Waals surface area contributed by atoms with Gasteiger partial charge in [0.15, 0.2) is 0 Å². The fourth-order valence-corrected chi connectivity index (χ4v) is 3.62. The zero-order valence-corrected chi connectivity index (χ0v) is 16.6. The van der Waals surface area contributed by atoms with Crippen molar-refractivity contribution < 1.29 is 14.4 Å². The van der Waals surface area contributed by atoms with Gasteiger partial charge in [-0.2, -0.15) is 0 Å². The molecule has 1 aliphatic heterocycles. The number of rotatable bonds is 7. The summed E-state index contributed by atoms with van der Waals surface area (Å²) in [6.07, 6.45) is 1.47. The number of carbonyl (C=O) groups is 3. The molecule has 0 aliphatic carbocycles. The van der Waals surface area contributed by atoms with Crippen LogP contribution in [0.25, 0.3) is 0 Å². The van der Waals surface area contributed by atoms with E-state index in [2.05, 4.69) is 10.6 Å². The Morgan fingerprint density at radius 3 is 2.29 bits per heavy atom. The minimum Gasteiger partial charge on any atom is -0.325 e. The van der Waals surface area contributed by atoms with Crippen LogP contribution in [0, 0.1) is 6.92 Å². The normalized spacial score (nSPS) is 13.5. The molecule has 0 saturated carbocycles. The largest absolute Gasteiger partial charge is 0.325 e. The van der Waals surface area contributed by atoms with E-state index in [9.17, 15) is 14.4 Å². The van der Waals surface area contributed by atoms with Gasteiger partial charge in [-0.05, 0) is 55.3 Å². The van der Waals surface area contributed by atoms with Gasteiger partial charge in [-0.1, -0.05) is 12.1 Å². The number of benzene rings is 2. The van der Waals surface area contributed by atoms with E-state index < -0.39 is 0 Å². The molecule has 146 valence electrons. The van der Waals surface area contributed by atoms with Crippen molar-refractivity contribution in [2.24, 2.45) is 0 Å². The van der Waals surface area contributed by atoms with Crippen molar-refractivity contribution in [1.82, 2.24) is 0 Å². The van der Waals surface area contributed by atoms with Crippen LogP contribution in [0.2, 0.25) is 0 Å². The van der Waals surface area contributed by atoms with Crippen LogP contribution in [0.4, 0.5) is 17.1 Å². The quantitative estimate of drug-likeness (QED) is 0.750. The molecule has 0 unspecified atom stereocenters. The molecule has 0 radical (unpaired) electrons. The molecule has 2 aromatic carbocycles. The highest BCUT2D eigenvalue weighted by molar-refractivity contribution is 8.00. The van der Waals surface area contributed by atoms with Crippen LogP contribution in [0.3, 0.4) is 0 Å². The summed E-state index contributed by atoms with van der Waals surface area (Å²) in [4.78, 5) is 37.5. The van der Waals surface area contributed by atoms with E-state index in [0.29, 0.717) is 12.1 Å².